The maximum Gasteiger partial charge on any atom is 0.252 e. The van der Waals surface area contributed by atoms with E-state index in [0.717, 1.165) is 11.6 Å². The summed E-state index contributed by atoms with van der Waals surface area (Å²) in [7, 11) is 0. The van der Waals surface area contributed by atoms with Crippen LogP contribution in [0.25, 0.3) is 0 Å². The topological polar surface area (TPSA) is 38.3 Å². The Labute approximate surface area is 191 Å². The Kier molecular flexibility index (Phi) is 6.90. The second-order valence-corrected chi connectivity index (χ2v) is 8.28. The highest BCUT2D eigenvalue weighted by Crippen LogP contribution is 2.34. The third kappa shape index (κ3) is 5.58. The van der Waals surface area contributed by atoms with Crippen LogP contribution in [0.2, 0.25) is 10.0 Å². The predicted octanol–water partition coefficient (Wildman–Crippen LogP) is 6.44. The van der Waals surface area contributed by atoms with E-state index in [9.17, 15) is 9.18 Å². The number of rotatable bonds is 6. The van der Waals surface area contributed by atoms with Gasteiger partial charge in [0, 0.05) is 21.2 Å². The highest BCUT2D eigenvalue weighted by atomic mass is 35.5. The normalized spacial score (nSPS) is 12.0. The number of carbonyl (C=O) groups excluding carboxylic acids is 1. The van der Waals surface area contributed by atoms with Crippen LogP contribution >= 0.6 is 23.2 Å². The Morgan fingerprint density at radius 2 is 1.77 bits per heavy atom. The van der Waals surface area contributed by atoms with Gasteiger partial charge in [-0.1, -0.05) is 59.5 Å². The van der Waals surface area contributed by atoms with Crippen LogP contribution in [-0.2, 0) is 0 Å². The van der Waals surface area contributed by atoms with Crippen molar-refractivity contribution in [2.75, 3.05) is 0 Å². The lowest BCUT2D eigenvalue weighted by atomic mass is 10.0. The Bertz CT molecular complexity index is 1140. The first kappa shape index (κ1) is 22.7. The number of terminal acetylenes is 1. The van der Waals surface area contributed by atoms with E-state index in [1.54, 1.807) is 50.2 Å². The second-order valence-electron chi connectivity index (χ2n) is 7.44. The number of carbonyl (C=O) groups is 1. The standard InChI is InChI=1S/C25H20Cl2FNO2/c1-4-25(2,3)29-24(30)17-11-14-22(21(28)15-17)31-23(16-9-12-18(26)13-10-16)19-7-5-6-8-20(19)27/h1,5-15,23H,2-3H3,(H,29,30). The summed E-state index contributed by atoms with van der Waals surface area (Å²) in [5, 5.41) is 3.71. The van der Waals surface area contributed by atoms with E-state index < -0.39 is 23.4 Å². The molecule has 3 aromatic carbocycles. The molecule has 6 heteroatoms. The van der Waals surface area contributed by atoms with Crippen LogP contribution in [-0.4, -0.2) is 11.4 Å². The van der Waals surface area contributed by atoms with E-state index in [0.29, 0.717) is 15.6 Å². The van der Waals surface area contributed by atoms with E-state index in [-0.39, 0.29) is 11.3 Å². The molecule has 0 saturated carbocycles. The number of hydrogen-bond acceptors (Lipinski definition) is 2. The molecule has 0 aliphatic rings. The summed E-state index contributed by atoms with van der Waals surface area (Å²) in [6.07, 6.45) is 4.72. The number of amides is 1. The molecule has 31 heavy (non-hydrogen) atoms. The summed E-state index contributed by atoms with van der Waals surface area (Å²) in [4.78, 5) is 12.4. The molecule has 3 nitrogen and oxygen atoms in total. The molecule has 3 rings (SSSR count). The van der Waals surface area contributed by atoms with E-state index in [1.807, 2.05) is 12.1 Å². The lowest BCUT2D eigenvalue weighted by Crippen LogP contribution is -2.42. The third-order valence-electron chi connectivity index (χ3n) is 4.59. The largest absolute Gasteiger partial charge is 0.478 e. The van der Waals surface area contributed by atoms with Gasteiger partial charge in [-0.05, 0) is 55.8 Å². The molecule has 1 atom stereocenters. The van der Waals surface area contributed by atoms with E-state index in [4.69, 9.17) is 34.4 Å². The zero-order valence-corrected chi connectivity index (χ0v) is 18.5. The maximum atomic E-state index is 14.9. The molecule has 158 valence electrons. The molecule has 0 aliphatic carbocycles. The van der Waals surface area contributed by atoms with Crippen molar-refractivity contribution < 1.29 is 13.9 Å². The molecule has 0 radical (unpaired) electrons. The lowest BCUT2D eigenvalue weighted by molar-refractivity contribution is 0.0929. The average Bonchev–Trinajstić information content (AvgIpc) is 2.74. The Hall–Kier alpha value is -3.00. The molecule has 0 aliphatic heterocycles. The molecule has 1 amide bonds. The molecule has 0 spiro atoms. The minimum absolute atomic E-state index is 0.0207. The van der Waals surface area contributed by atoms with Crippen molar-refractivity contribution in [3.8, 4) is 18.1 Å². The molecule has 0 fully saturated rings. The van der Waals surface area contributed by atoms with Gasteiger partial charge in [-0.3, -0.25) is 4.79 Å². The van der Waals surface area contributed by atoms with Crippen LogP contribution in [0.15, 0.2) is 66.7 Å². The van der Waals surface area contributed by atoms with Crippen LogP contribution in [0, 0.1) is 18.2 Å². The summed E-state index contributed by atoms with van der Waals surface area (Å²) in [5.74, 6) is 1.29. The maximum absolute atomic E-state index is 14.9. The number of halogens is 3. The molecule has 0 heterocycles. The van der Waals surface area contributed by atoms with Gasteiger partial charge in [-0.15, -0.1) is 6.42 Å². The fourth-order valence-corrected chi connectivity index (χ4v) is 3.25. The van der Waals surface area contributed by atoms with Gasteiger partial charge in [0.15, 0.2) is 17.7 Å². The van der Waals surface area contributed by atoms with Crippen LogP contribution in [0.3, 0.4) is 0 Å². The van der Waals surface area contributed by atoms with Gasteiger partial charge < -0.3 is 10.1 Å². The van der Waals surface area contributed by atoms with Gasteiger partial charge in [0.05, 0.1) is 5.54 Å². The third-order valence-corrected chi connectivity index (χ3v) is 5.18. The number of hydrogen-bond donors (Lipinski definition) is 1. The van der Waals surface area contributed by atoms with E-state index in [1.165, 1.54) is 12.1 Å². The summed E-state index contributed by atoms with van der Waals surface area (Å²) in [5.41, 5.74) is 0.693. The van der Waals surface area contributed by atoms with Crippen LogP contribution in [0.4, 0.5) is 4.39 Å². The van der Waals surface area contributed by atoms with Gasteiger partial charge in [0.2, 0.25) is 0 Å². The number of ether oxygens (including phenoxy) is 1. The van der Waals surface area contributed by atoms with Gasteiger partial charge >= 0.3 is 0 Å². The highest BCUT2D eigenvalue weighted by Gasteiger charge is 2.22. The van der Waals surface area contributed by atoms with E-state index >= 15 is 0 Å². The van der Waals surface area contributed by atoms with Crippen molar-refractivity contribution in [1.29, 1.82) is 0 Å². The first-order valence-corrected chi connectivity index (χ1v) is 10.2. The van der Waals surface area contributed by atoms with Gasteiger partial charge in [0.25, 0.3) is 5.91 Å². The van der Waals surface area contributed by atoms with Crippen molar-refractivity contribution in [2.24, 2.45) is 0 Å². The van der Waals surface area contributed by atoms with Crippen LogP contribution in [0.5, 0.6) is 5.75 Å². The van der Waals surface area contributed by atoms with Crippen LogP contribution in [0.1, 0.15) is 41.4 Å². The summed E-state index contributed by atoms with van der Waals surface area (Å²) in [6.45, 7) is 3.36. The number of nitrogens with one attached hydrogen (secondary N) is 1. The van der Waals surface area contributed by atoms with Gasteiger partial charge in [0.1, 0.15) is 0 Å². The predicted molar refractivity (Wildman–Crippen MR) is 122 cm³/mol. The first-order chi connectivity index (χ1) is 14.7. The fourth-order valence-electron chi connectivity index (χ4n) is 2.89. The molecule has 0 aromatic heterocycles. The Morgan fingerprint density at radius 1 is 1.10 bits per heavy atom. The molecule has 1 unspecified atom stereocenters. The van der Waals surface area contributed by atoms with Crippen molar-refractivity contribution in [1.82, 2.24) is 5.32 Å². The monoisotopic (exact) mass is 455 g/mol. The molecule has 3 aromatic rings. The highest BCUT2D eigenvalue weighted by molar-refractivity contribution is 6.31. The van der Waals surface area contributed by atoms with Crippen molar-refractivity contribution in [3.63, 3.8) is 0 Å². The zero-order chi connectivity index (χ0) is 22.6. The molecular formula is C25H20Cl2FNO2. The molecule has 0 bridgehead atoms. The Morgan fingerprint density at radius 3 is 2.39 bits per heavy atom. The van der Waals surface area contributed by atoms with Crippen molar-refractivity contribution in [3.05, 3.63) is 99.3 Å². The number of benzene rings is 3. The van der Waals surface area contributed by atoms with Gasteiger partial charge in [-0.2, -0.15) is 0 Å². The minimum Gasteiger partial charge on any atom is -0.478 e. The summed E-state index contributed by atoms with van der Waals surface area (Å²) in [6, 6.07) is 18.2. The zero-order valence-electron chi connectivity index (χ0n) is 17.0. The average molecular weight is 456 g/mol. The molecular weight excluding hydrogens is 436 g/mol. The van der Waals surface area contributed by atoms with E-state index in [2.05, 4.69) is 11.2 Å². The quantitative estimate of drug-likeness (QED) is 0.434. The SMILES string of the molecule is C#CC(C)(C)NC(=O)c1ccc(OC(c2ccc(Cl)cc2)c2ccccc2Cl)c(F)c1. The van der Waals surface area contributed by atoms with Crippen LogP contribution < -0.4 is 10.1 Å². The minimum atomic E-state index is -0.855. The van der Waals surface area contributed by atoms with Crippen molar-refractivity contribution >= 4 is 29.1 Å². The lowest BCUT2D eigenvalue weighted by Gasteiger charge is -2.22. The summed E-state index contributed by atoms with van der Waals surface area (Å²) >= 11 is 12.4. The van der Waals surface area contributed by atoms with Crippen molar-refractivity contribution in [2.45, 2.75) is 25.5 Å². The molecule has 1 N–H and O–H groups in total. The summed E-state index contributed by atoms with van der Waals surface area (Å²) < 4.78 is 20.9. The fraction of sp³-hybridized carbons (Fsp3) is 0.160. The molecule has 0 saturated heterocycles. The first-order valence-electron chi connectivity index (χ1n) is 9.46. The smallest absolute Gasteiger partial charge is 0.252 e. The second kappa shape index (κ2) is 9.43. The Balaban J connectivity index is 1.93. The van der Waals surface area contributed by atoms with Gasteiger partial charge in [-0.25, -0.2) is 4.39 Å².